The summed E-state index contributed by atoms with van der Waals surface area (Å²) in [6.07, 6.45) is -0.750. The highest BCUT2D eigenvalue weighted by molar-refractivity contribution is 5.29. The van der Waals surface area contributed by atoms with E-state index in [1.54, 1.807) is 7.05 Å². The van der Waals surface area contributed by atoms with E-state index in [1.807, 2.05) is 0 Å². The summed E-state index contributed by atoms with van der Waals surface area (Å²) >= 11 is 0. The Morgan fingerprint density at radius 3 is 2.77 bits per heavy atom. The van der Waals surface area contributed by atoms with Gasteiger partial charge in [-0.15, -0.1) is 0 Å². The Morgan fingerprint density at radius 2 is 2.23 bits per heavy atom. The maximum absolute atomic E-state index is 12.8. The third kappa shape index (κ3) is 2.40. The summed E-state index contributed by atoms with van der Waals surface area (Å²) in [5.74, 6) is -1.12. The molecule has 3 nitrogen and oxygen atoms in total. The first-order chi connectivity index (χ1) is 6.15. The number of nitrogens with one attached hydrogen (secondary N) is 1. The summed E-state index contributed by atoms with van der Waals surface area (Å²) in [6.45, 7) is 0.351. The highest BCUT2D eigenvalue weighted by Gasteiger charge is 2.08. The van der Waals surface area contributed by atoms with Crippen LogP contribution in [-0.2, 0) is 0 Å². The third-order valence-electron chi connectivity index (χ3n) is 1.75. The second-order valence-corrected chi connectivity index (χ2v) is 2.78. The number of rotatable bonds is 3. The van der Waals surface area contributed by atoms with Gasteiger partial charge in [0.15, 0.2) is 11.6 Å². The lowest BCUT2D eigenvalue weighted by atomic mass is 10.1. The molecule has 0 fully saturated rings. The van der Waals surface area contributed by atoms with Crippen LogP contribution < -0.4 is 5.32 Å². The monoisotopic (exact) mass is 185 g/mol. The highest BCUT2D eigenvalue weighted by Crippen LogP contribution is 2.20. The number of halogens is 1. The van der Waals surface area contributed by atoms with Crippen molar-refractivity contribution in [2.45, 2.75) is 6.10 Å². The summed E-state index contributed by atoms with van der Waals surface area (Å²) in [5, 5.41) is 21.1. The van der Waals surface area contributed by atoms with Gasteiger partial charge in [0, 0.05) is 6.54 Å². The van der Waals surface area contributed by atoms with Crippen LogP contribution in [0, 0.1) is 5.82 Å². The number of aliphatic hydroxyl groups is 1. The number of aromatic hydroxyl groups is 1. The van der Waals surface area contributed by atoms with E-state index >= 15 is 0 Å². The molecule has 0 aliphatic carbocycles. The van der Waals surface area contributed by atoms with Crippen molar-refractivity contribution >= 4 is 0 Å². The van der Waals surface area contributed by atoms with Crippen LogP contribution in [0.5, 0.6) is 5.75 Å². The topological polar surface area (TPSA) is 52.5 Å². The van der Waals surface area contributed by atoms with Gasteiger partial charge in [0.2, 0.25) is 0 Å². The average molecular weight is 185 g/mol. The first-order valence-electron chi connectivity index (χ1n) is 3.96. The van der Waals surface area contributed by atoms with E-state index in [1.165, 1.54) is 12.1 Å². The lowest BCUT2D eigenvalue weighted by Gasteiger charge is -2.10. The zero-order valence-electron chi connectivity index (χ0n) is 7.29. The molecule has 0 amide bonds. The summed E-state index contributed by atoms with van der Waals surface area (Å²) in [7, 11) is 1.69. The van der Waals surface area contributed by atoms with E-state index in [0.717, 1.165) is 6.07 Å². The molecule has 0 heterocycles. The molecule has 0 radical (unpaired) electrons. The molecule has 3 N–H and O–H groups in total. The van der Waals surface area contributed by atoms with Gasteiger partial charge in [0.05, 0.1) is 6.10 Å². The molecule has 4 heteroatoms. The quantitative estimate of drug-likeness (QED) is 0.652. The Morgan fingerprint density at radius 1 is 1.54 bits per heavy atom. The number of hydrogen-bond acceptors (Lipinski definition) is 3. The number of likely N-dealkylation sites (N-methyl/N-ethyl adjacent to an activating group) is 1. The molecule has 0 aliphatic rings. The zero-order chi connectivity index (χ0) is 9.84. The minimum Gasteiger partial charge on any atom is -0.505 e. The Bertz CT molecular complexity index is 291. The molecule has 0 spiro atoms. The van der Waals surface area contributed by atoms with Crippen LogP contribution in [0.3, 0.4) is 0 Å². The van der Waals surface area contributed by atoms with E-state index in [-0.39, 0.29) is 0 Å². The zero-order valence-corrected chi connectivity index (χ0v) is 7.29. The van der Waals surface area contributed by atoms with E-state index in [2.05, 4.69) is 5.32 Å². The fourth-order valence-electron chi connectivity index (χ4n) is 1.04. The van der Waals surface area contributed by atoms with Crippen LogP contribution in [0.4, 0.5) is 4.39 Å². The Hall–Kier alpha value is -1.13. The van der Waals surface area contributed by atoms with Crippen molar-refractivity contribution in [3.63, 3.8) is 0 Å². The summed E-state index contributed by atoms with van der Waals surface area (Å²) in [4.78, 5) is 0. The van der Waals surface area contributed by atoms with Gasteiger partial charge in [-0.2, -0.15) is 0 Å². The minimum absolute atomic E-state index is 0.351. The van der Waals surface area contributed by atoms with Gasteiger partial charge >= 0.3 is 0 Å². The Labute approximate surface area is 75.8 Å². The van der Waals surface area contributed by atoms with Crippen molar-refractivity contribution in [2.24, 2.45) is 0 Å². The second-order valence-electron chi connectivity index (χ2n) is 2.78. The van der Waals surface area contributed by atoms with E-state index < -0.39 is 17.7 Å². The van der Waals surface area contributed by atoms with E-state index in [4.69, 9.17) is 5.11 Å². The van der Waals surface area contributed by atoms with Crippen LogP contribution >= 0.6 is 0 Å². The highest BCUT2D eigenvalue weighted by atomic mass is 19.1. The molecule has 1 aromatic rings. The number of benzene rings is 1. The van der Waals surface area contributed by atoms with Gasteiger partial charge in [0.1, 0.15) is 0 Å². The van der Waals surface area contributed by atoms with Gasteiger partial charge in [-0.05, 0) is 24.7 Å². The van der Waals surface area contributed by atoms with Gasteiger partial charge in [-0.3, -0.25) is 0 Å². The van der Waals surface area contributed by atoms with Crippen LogP contribution in [0.25, 0.3) is 0 Å². The van der Waals surface area contributed by atoms with E-state index in [0.29, 0.717) is 12.1 Å². The molecule has 1 unspecified atom stereocenters. The maximum Gasteiger partial charge on any atom is 0.165 e. The summed E-state index contributed by atoms with van der Waals surface area (Å²) in [6, 6.07) is 3.83. The molecule has 72 valence electrons. The van der Waals surface area contributed by atoms with Crippen molar-refractivity contribution in [1.29, 1.82) is 0 Å². The van der Waals surface area contributed by atoms with Crippen molar-refractivity contribution in [3.05, 3.63) is 29.6 Å². The van der Waals surface area contributed by atoms with Crippen molar-refractivity contribution < 1.29 is 14.6 Å². The molecule has 1 atom stereocenters. The fourth-order valence-corrected chi connectivity index (χ4v) is 1.04. The first-order valence-corrected chi connectivity index (χ1v) is 3.96. The number of phenols is 1. The molecular formula is C9H12FNO2. The van der Waals surface area contributed by atoms with Gasteiger partial charge in [0.25, 0.3) is 0 Å². The molecule has 13 heavy (non-hydrogen) atoms. The van der Waals surface area contributed by atoms with Crippen molar-refractivity contribution in [2.75, 3.05) is 13.6 Å². The summed E-state index contributed by atoms with van der Waals surface area (Å²) < 4.78 is 12.8. The normalized spacial score (nSPS) is 12.8. The predicted octanol–water partition coefficient (Wildman–Crippen LogP) is 0.784. The van der Waals surface area contributed by atoms with Gasteiger partial charge in [-0.1, -0.05) is 6.07 Å². The van der Waals surface area contributed by atoms with Crippen molar-refractivity contribution in [1.82, 2.24) is 5.32 Å². The first kappa shape index (κ1) is 9.95. The van der Waals surface area contributed by atoms with Crippen LogP contribution in [0.1, 0.15) is 11.7 Å². The standard InChI is InChI=1S/C9H12FNO2/c1-11-5-9(13)6-2-3-8(12)7(10)4-6/h2-4,9,11-13H,5H2,1H3. The molecule has 1 rings (SSSR count). The lowest BCUT2D eigenvalue weighted by molar-refractivity contribution is 0.177. The van der Waals surface area contributed by atoms with Crippen LogP contribution in [0.2, 0.25) is 0 Å². The largest absolute Gasteiger partial charge is 0.505 e. The Balaban J connectivity index is 2.84. The smallest absolute Gasteiger partial charge is 0.165 e. The predicted molar refractivity (Wildman–Crippen MR) is 47.0 cm³/mol. The van der Waals surface area contributed by atoms with Crippen LogP contribution in [-0.4, -0.2) is 23.8 Å². The van der Waals surface area contributed by atoms with Crippen molar-refractivity contribution in [3.8, 4) is 5.75 Å². The minimum atomic E-state index is -0.750. The average Bonchev–Trinajstić information content (AvgIpc) is 2.10. The molecule has 1 aromatic carbocycles. The molecule has 0 saturated heterocycles. The molecule has 0 aromatic heterocycles. The molecule has 0 bridgehead atoms. The molecule has 0 aliphatic heterocycles. The third-order valence-corrected chi connectivity index (χ3v) is 1.75. The summed E-state index contributed by atoms with van der Waals surface area (Å²) in [5.41, 5.74) is 0.449. The number of aliphatic hydroxyl groups excluding tert-OH is 1. The van der Waals surface area contributed by atoms with E-state index in [9.17, 15) is 9.50 Å². The SMILES string of the molecule is CNCC(O)c1ccc(O)c(F)c1. The maximum atomic E-state index is 12.8. The number of hydrogen-bond donors (Lipinski definition) is 3. The van der Waals surface area contributed by atoms with Gasteiger partial charge in [-0.25, -0.2) is 4.39 Å². The number of phenolic OH excluding ortho intramolecular Hbond substituents is 1. The second kappa shape index (κ2) is 4.20. The Kier molecular flexibility index (Phi) is 3.22. The molecule has 0 saturated carbocycles. The van der Waals surface area contributed by atoms with Gasteiger partial charge < -0.3 is 15.5 Å². The lowest BCUT2D eigenvalue weighted by Crippen LogP contribution is -2.16. The molecular weight excluding hydrogens is 173 g/mol. The van der Waals surface area contributed by atoms with Crippen LogP contribution in [0.15, 0.2) is 18.2 Å². The fraction of sp³-hybridized carbons (Fsp3) is 0.333.